The molecule has 1 saturated carbocycles. The monoisotopic (exact) mass is 353 g/mol. The highest BCUT2D eigenvalue weighted by Crippen LogP contribution is 2.30. The summed E-state index contributed by atoms with van der Waals surface area (Å²) in [5.74, 6) is 0.0674. The maximum atomic E-state index is 12.2. The summed E-state index contributed by atoms with van der Waals surface area (Å²) in [4.78, 5) is 12.1. The van der Waals surface area contributed by atoms with E-state index in [0.717, 1.165) is 43.0 Å². The number of amidine groups is 1. The Morgan fingerprint density at radius 2 is 2.13 bits per heavy atom. The van der Waals surface area contributed by atoms with Gasteiger partial charge in [0.1, 0.15) is 4.90 Å². The first-order valence-electron chi connectivity index (χ1n) is 7.59. The van der Waals surface area contributed by atoms with Gasteiger partial charge in [0.2, 0.25) is 5.91 Å². The van der Waals surface area contributed by atoms with Gasteiger partial charge in [-0.2, -0.15) is 8.42 Å². The van der Waals surface area contributed by atoms with Crippen molar-refractivity contribution in [2.24, 2.45) is 4.40 Å². The number of amides is 1. The van der Waals surface area contributed by atoms with Gasteiger partial charge in [-0.1, -0.05) is 30.7 Å². The number of nitrogens with zero attached hydrogens (tertiary/aromatic N) is 1. The van der Waals surface area contributed by atoms with E-state index in [1.54, 1.807) is 18.2 Å². The number of anilines is 1. The number of carbonyl (C=O) groups is 1. The van der Waals surface area contributed by atoms with Gasteiger partial charge in [0.05, 0.1) is 11.4 Å². The molecule has 0 unspecified atom stereocenters. The molecule has 1 aromatic carbocycles. The number of fused-ring (bicyclic) bond motifs is 1. The molecule has 2 N–H and O–H groups in total. The lowest BCUT2D eigenvalue weighted by atomic mass is 10.2. The molecule has 1 aliphatic carbocycles. The molecule has 0 spiro atoms. The van der Waals surface area contributed by atoms with Crippen molar-refractivity contribution >= 4 is 38.5 Å². The molecule has 0 atom stereocenters. The van der Waals surface area contributed by atoms with E-state index < -0.39 is 10.0 Å². The van der Waals surface area contributed by atoms with Crippen LogP contribution in [-0.2, 0) is 14.8 Å². The largest absolute Gasteiger partial charge is 0.353 e. The molecule has 0 radical (unpaired) electrons. The lowest BCUT2D eigenvalue weighted by molar-refractivity contribution is -0.119. The topological polar surface area (TPSA) is 87.6 Å². The Kier molecular flexibility index (Phi) is 4.63. The second kappa shape index (κ2) is 6.52. The normalized spacial score (nSPS) is 19.6. The minimum atomic E-state index is -3.71. The van der Waals surface area contributed by atoms with Crippen LogP contribution in [0.5, 0.6) is 0 Å². The van der Waals surface area contributed by atoms with Crippen LogP contribution in [0, 0.1) is 6.92 Å². The molecule has 1 aliphatic heterocycles. The average molecular weight is 353 g/mol. The molecule has 0 bridgehead atoms. The molecule has 1 aromatic rings. The molecule has 1 fully saturated rings. The smallest absolute Gasteiger partial charge is 0.286 e. The lowest BCUT2D eigenvalue weighted by Crippen LogP contribution is -2.34. The van der Waals surface area contributed by atoms with Crippen LogP contribution in [0.2, 0.25) is 0 Å². The summed E-state index contributed by atoms with van der Waals surface area (Å²) in [7, 11) is -3.71. The van der Waals surface area contributed by atoms with Gasteiger partial charge in [0.15, 0.2) is 5.17 Å². The van der Waals surface area contributed by atoms with E-state index >= 15 is 0 Å². The van der Waals surface area contributed by atoms with Crippen LogP contribution in [0.25, 0.3) is 0 Å². The van der Waals surface area contributed by atoms with E-state index in [4.69, 9.17) is 0 Å². The summed E-state index contributed by atoms with van der Waals surface area (Å²) in [5.41, 5.74) is 1.47. The molecule has 0 saturated heterocycles. The first-order valence-corrected chi connectivity index (χ1v) is 10.0. The van der Waals surface area contributed by atoms with Crippen molar-refractivity contribution in [2.45, 2.75) is 43.5 Å². The fraction of sp³-hybridized carbons (Fsp3) is 0.467. The van der Waals surface area contributed by atoms with Crippen LogP contribution in [0.15, 0.2) is 27.5 Å². The molecule has 8 heteroatoms. The number of sulfonamides is 1. The van der Waals surface area contributed by atoms with E-state index in [1.807, 2.05) is 6.92 Å². The fourth-order valence-corrected chi connectivity index (χ4v) is 4.83. The summed E-state index contributed by atoms with van der Waals surface area (Å²) in [6.45, 7) is 1.89. The molecule has 124 valence electrons. The van der Waals surface area contributed by atoms with Crippen LogP contribution in [0.3, 0.4) is 0 Å². The van der Waals surface area contributed by atoms with Crippen LogP contribution in [0.4, 0.5) is 5.69 Å². The number of carbonyl (C=O) groups excluding carboxylic acids is 1. The van der Waals surface area contributed by atoms with Crippen molar-refractivity contribution in [3.05, 3.63) is 23.8 Å². The van der Waals surface area contributed by atoms with Crippen molar-refractivity contribution in [1.29, 1.82) is 0 Å². The van der Waals surface area contributed by atoms with Gasteiger partial charge >= 0.3 is 0 Å². The second-order valence-corrected chi connectivity index (χ2v) is 8.37. The van der Waals surface area contributed by atoms with Crippen LogP contribution < -0.4 is 10.6 Å². The Morgan fingerprint density at radius 1 is 1.39 bits per heavy atom. The van der Waals surface area contributed by atoms with Gasteiger partial charge in [0.25, 0.3) is 10.0 Å². The molecule has 1 heterocycles. The number of aryl methyl sites for hydroxylation is 1. The Morgan fingerprint density at radius 3 is 2.87 bits per heavy atom. The maximum Gasteiger partial charge on any atom is 0.286 e. The van der Waals surface area contributed by atoms with Crippen molar-refractivity contribution in [2.75, 3.05) is 11.1 Å². The number of hydrogen-bond donors (Lipinski definition) is 2. The van der Waals surface area contributed by atoms with Crippen molar-refractivity contribution in [3.63, 3.8) is 0 Å². The van der Waals surface area contributed by atoms with Gasteiger partial charge in [-0.05, 0) is 37.5 Å². The molecule has 0 aromatic heterocycles. The van der Waals surface area contributed by atoms with Gasteiger partial charge in [-0.3, -0.25) is 4.79 Å². The average Bonchev–Trinajstić information content (AvgIpc) is 2.96. The third kappa shape index (κ3) is 3.87. The summed E-state index contributed by atoms with van der Waals surface area (Å²) in [5, 5.41) is 6.21. The van der Waals surface area contributed by atoms with E-state index in [1.165, 1.54) is 0 Å². The Labute approximate surface area is 140 Å². The number of thioether (sulfide) groups is 1. The van der Waals surface area contributed by atoms with E-state index in [2.05, 4.69) is 15.0 Å². The van der Waals surface area contributed by atoms with E-state index in [9.17, 15) is 13.2 Å². The minimum Gasteiger partial charge on any atom is -0.353 e. The van der Waals surface area contributed by atoms with E-state index in [-0.39, 0.29) is 27.8 Å². The predicted octanol–water partition coefficient (Wildman–Crippen LogP) is 2.26. The molecule has 2 aliphatic rings. The minimum absolute atomic E-state index is 0.0844. The number of rotatable bonds is 3. The SMILES string of the molecule is Cc1ccc2c(c1)NC(SCC(=O)NC1CCCC1)=NS2(=O)=O. The zero-order valence-electron chi connectivity index (χ0n) is 12.8. The summed E-state index contributed by atoms with van der Waals surface area (Å²) < 4.78 is 28.1. The third-order valence-electron chi connectivity index (χ3n) is 3.92. The second-order valence-electron chi connectivity index (χ2n) is 5.83. The van der Waals surface area contributed by atoms with Gasteiger partial charge < -0.3 is 10.6 Å². The highest BCUT2D eigenvalue weighted by molar-refractivity contribution is 8.15. The van der Waals surface area contributed by atoms with Crippen molar-refractivity contribution < 1.29 is 13.2 Å². The zero-order chi connectivity index (χ0) is 16.4. The third-order valence-corrected chi connectivity index (χ3v) is 6.24. The van der Waals surface area contributed by atoms with Crippen LogP contribution in [0.1, 0.15) is 31.2 Å². The fourth-order valence-electron chi connectivity index (χ4n) is 2.80. The standard InChI is InChI=1S/C15H19N3O3S2/c1-10-6-7-13-12(8-10)17-15(18-23(13,20)21)22-9-14(19)16-11-4-2-3-5-11/h6-8,11H,2-5,9H2,1H3,(H,16,19)(H,17,18). The number of hydrogen-bond acceptors (Lipinski definition) is 5. The lowest BCUT2D eigenvalue weighted by Gasteiger charge is -2.18. The molecule has 6 nitrogen and oxygen atoms in total. The van der Waals surface area contributed by atoms with Gasteiger partial charge in [-0.25, -0.2) is 0 Å². The van der Waals surface area contributed by atoms with Crippen LogP contribution >= 0.6 is 11.8 Å². The Balaban J connectivity index is 1.65. The molecular formula is C15H19N3O3S2. The summed E-state index contributed by atoms with van der Waals surface area (Å²) in [6, 6.07) is 5.31. The maximum absolute atomic E-state index is 12.2. The molecule has 23 heavy (non-hydrogen) atoms. The molecular weight excluding hydrogens is 334 g/mol. The summed E-state index contributed by atoms with van der Waals surface area (Å²) >= 11 is 1.11. The van der Waals surface area contributed by atoms with Crippen molar-refractivity contribution in [1.82, 2.24) is 5.32 Å². The number of benzene rings is 1. The Bertz CT molecular complexity index is 753. The first-order chi connectivity index (χ1) is 10.9. The Hall–Kier alpha value is -1.54. The van der Waals surface area contributed by atoms with E-state index in [0.29, 0.717) is 5.69 Å². The molecule has 3 rings (SSSR count). The van der Waals surface area contributed by atoms with Crippen LogP contribution in [-0.4, -0.2) is 31.3 Å². The predicted molar refractivity (Wildman–Crippen MR) is 92.3 cm³/mol. The summed E-state index contributed by atoms with van der Waals surface area (Å²) in [6.07, 6.45) is 4.36. The highest BCUT2D eigenvalue weighted by atomic mass is 32.2. The van der Waals surface area contributed by atoms with Gasteiger partial charge in [0, 0.05) is 6.04 Å². The zero-order valence-corrected chi connectivity index (χ0v) is 14.5. The van der Waals surface area contributed by atoms with Gasteiger partial charge in [-0.15, -0.1) is 4.40 Å². The first kappa shape index (κ1) is 16.3. The highest BCUT2D eigenvalue weighted by Gasteiger charge is 2.25. The molecule has 1 amide bonds. The quantitative estimate of drug-likeness (QED) is 0.870. The number of nitrogens with one attached hydrogen (secondary N) is 2. The van der Waals surface area contributed by atoms with Crippen molar-refractivity contribution in [3.8, 4) is 0 Å².